The zero-order chi connectivity index (χ0) is 18.5. The van der Waals surface area contributed by atoms with Gasteiger partial charge in [-0.25, -0.2) is 9.97 Å². The van der Waals surface area contributed by atoms with Crippen LogP contribution < -0.4 is 15.4 Å². The number of amides is 1. The number of hydrogen-bond donors (Lipinski definition) is 2. The van der Waals surface area contributed by atoms with Crippen molar-refractivity contribution in [2.24, 2.45) is 0 Å². The maximum absolute atomic E-state index is 12.3. The maximum atomic E-state index is 12.3. The van der Waals surface area contributed by atoms with Crippen LogP contribution in [-0.2, 0) is 0 Å². The molecule has 1 aromatic heterocycles. The molecular weight excluding hydrogens is 352 g/mol. The molecule has 0 bridgehead atoms. The summed E-state index contributed by atoms with van der Waals surface area (Å²) in [7, 11) is 1.54. The van der Waals surface area contributed by atoms with Crippen LogP contribution in [0.5, 0.6) is 5.75 Å². The third-order valence-corrected chi connectivity index (χ3v) is 4.18. The average molecular weight is 369 g/mol. The van der Waals surface area contributed by atoms with E-state index in [1.807, 2.05) is 37.3 Å². The highest BCUT2D eigenvalue weighted by Crippen LogP contribution is 2.25. The summed E-state index contributed by atoms with van der Waals surface area (Å²) in [5.41, 5.74) is 2.51. The van der Waals surface area contributed by atoms with Gasteiger partial charge in [0.2, 0.25) is 0 Å². The smallest absolute Gasteiger partial charge is 0.275 e. The molecule has 0 saturated heterocycles. The van der Waals surface area contributed by atoms with Crippen molar-refractivity contribution >= 4 is 34.7 Å². The minimum Gasteiger partial charge on any atom is -0.495 e. The van der Waals surface area contributed by atoms with Gasteiger partial charge >= 0.3 is 0 Å². The molecule has 2 N–H and O–H groups in total. The molecule has 3 aromatic rings. The van der Waals surface area contributed by atoms with E-state index >= 15 is 0 Å². The fraction of sp³-hybridized carbons (Fsp3) is 0.105. The summed E-state index contributed by atoms with van der Waals surface area (Å²) in [5, 5.41) is 6.56. The lowest BCUT2D eigenvalue weighted by atomic mass is 10.2. The highest BCUT2D eigenvalue weighted by atomic mass is 35.5. The van der Waals surface area contributed by atoms with Crippen molar-refractivity contribution in [1.82, 2.24) is 9.97 Å². The van der Waals surface area contributed by atoms with Crippen LogP contribution in [0.4, 0.5) is 17.2 Å². The third kappa shape index (κ3) is 3.92. The summed E-state index contributed by atoms with van der Waals surface area (Å²) in [6.45, 7) is 1.91. The van der Waals surface area contributed by atoms with E-state index in [1.54, 1.807) is 19.2 Å². The molecule has 0 saturated carbocycles. The molecule has 1 amide bonds. The number of nitrogens with zero attached hydrogens (tertiary/aromatic N) is 2. The predicted molar refractivity (Wildman–Crippen MR) is 102 cm³/mol. The van der Waals surface area contributed by atoms with Gasteiger partial charge in [-0.3, -0.25) is 4.79 Å². The predicted octanol–water partition coefficient (Wildman–Crippen LogP) is 4.44. The largest absolute Gasteiger partial charge is 0.495 e. The molecule has 0 spiro atoms. The van der Waals surface area contributed by atoms with Crippen molar-refractivity contribution in [2.45, 2.75) is 6.92 Å². The monoisotopic (exact) mass is 368 g/mol. The van der Waals surface area contributed by atoms with Crippen molar-refractivity contribution in [2.75, 3.05) is 17.7 Å². The first-order valence-electron chi connectivity index (χ1n) is 7.87. The molecular formula is C19H17ClN4O2. The van der Waals surface area contributed by atoms with Crippen LogP contribution in [0.25, 0.3) is 0 Å². The number of ether oxygens (including phenoxy) is 1. The Balaban J connectivity index is 1.73. The normalized spacial score (nSPS) is 10.3. The Morgan fingerprint density at radius 2 is 1.81 bits per heavy atom. The Bertz CT molecular complexity index is 929. The maximum Gasteiger partial charge on any atom is 0.275 e. The van der Waals surface area contributed by atoms with Gasteiger partial charge < -0.3 is 15.4 Å². The minimum atomic E-state index is -0.368. The molecule has 0 aliphatic carbocycles. The summed E-state index contributed by atoms with van der Waals surface area (Å²) >= 11 is 6.11. The first-order valence-corrected chi connectivity index (χ1v) is 8.25. The van der Waals surface area contributed by atoms with Crippen molar-refractivity contribution in [3.8, 4) is 5.75 Å². The number of hydrogen-bond acceptors (Lipinski definition) is 5. The molecule has 2 aromatic carbocycles. The Morgan fingerprint density at radius 3 is 2.54 bits per heavy atom. The van der Waals surface area contributed by atoms with E-state index in [-0.39, 0.29) is 11.6 Å². The number of carbonyl (C=O) groups excluding carboxylic acids is 1. The number of rotatable bonds is 5. The third-order valence-electron chi connectivity index (χ3n) is 3.77. The van der Waals surface area contributed by atoms with Gasteiger partial charge in [0, 0.05) is 10.7 Å². The molecule has 6 nitrogen and oxygen atoms in total. The quantitative estimate of drug-likeness (QED) is 0.696. The van der Waals surface area contributed by atoms with Crippen molar-refractivity contribution < 1.29 is 9.53 Å². The van der Waals surface area contributed by atoms with Crippen LogP contribution in [0.15, 0.2) is 54.9 Å². The first kappa shape index (κ1) is 17.7. The summed E-state index contributed by atoms with van der Waals surface area (Å²) < 4.78 is 5.22. The highest BCUT2D eigenvalue weighted by Gasteiger charge is 2.11. The Morgan fingerprint density at radius 1 is 1.04 bits per heavy atom. The van der Waals surface area contributed by atoms with E-state index in [4.69, 9.17) is 16.3 Å². The molecule has 3 rings (SSSR count). The van der Waals surface area contributed by atoms with Crippen LogP contribution in [0, 0.1) is 6.92 Å². The molecule has 0 radical (unpaired) electrons. The minimum absolute atomic E-state index is 0.198. The molecule has 26 heavy (non-hydrogen) atoms. The Hall–Kier alpha value is -3.12. The molecule has 0 aliphatic rings. The zero-order valence-corrected chi connectivity index (χ0v) is 15.0. The van der Waals surface area contributed by atoms with E-state index in [9.17, 15) is 4.79 Å². The number of para-hydroxylation sites is 2. The van der Waals surface area contributed by atoms with E-state index in [0.717, 1.165) is 11.3 Å². The zero-order valence-electron chi connectivity index (χ0n) is 14.3. The van der Waals surface area contributed by atoms with Crippen molar-refractivity contribution in [3.05, 3.63) is 71.1 Å². The Labute approximate surface area is 156 Å². The SMILES string of the molecule is COc1ccccc1NC(=O)c1cnc(Nc2cccc(Cl)c2C)cn1. The average Bonchev–Trinajstić information content (AvgIpc) is 2.66. The Kier molecular flexibility index (Phi) is 5.34. The van der Waals surface area contributed by atoms with E-state index in [0.29, 0.717) is 22.3 Å². The first-order chi connectivity index (χ1) is 12.6. The second kappa shape index (κ2) is 7.84. The van der Waals surface area contributed by atoms with Crippen LogP contribution in [0.3, 0.4) is 0 Å². The number of aromatic nitrogens is 2. The van der Waals surface area contributed by atoms with Gasteiger partial charge in [0.15, 0.2) is 0 Å². The van der Waals surface area contributed by atoms with Gasteiger partial charge in [-0.1, -0.05) is 29.8 Å². The molecule has 0 aliphatic heterocycles. The van der Waals surface area contributed by atoms with Crippen LogP contribution >= 0.6 is 11.6 Å². The lowest BCUT2D eigenvalue weighted by molar-refractivity contribution is 0.102. The number of nitrogens with one attached hydrogen (secondary N) is 2. The van der Waals surface area contributed by atoms with Gasteiger partial charge in [0.05, 0.1) is 25.2 Å². The molecule has 132 valence electrons. The topological polar surface area (TPSA) is 76.1 Å². The standard InChI is InChI=1S/C19H17ClN4O2/c1-12-13(20)6-5-8-14(12)23-18-11-21-16(10-22-18)19(25)24-15-7-3-4-9-17(15)26-2/h3-11H,1-2H3,(H,22,23)(H,24,25). The van der Waals surface area contributed by atoms with Gasteiger partial charge in [0.25, 0.3) is 5.91 Å². The molecule has 0 atom stereocenters. The molecule has 0 fully saturated rings. The fourth-order valence-corrected chi connectivity index (χ4v) is 2.50. The van der Waals surface area contributed by atoms with Crippen molar-refractivity contribution in [1.29, 1.82) is 0 Å². The van der Waals surface area contributed by atoms with Gasteiger partial charge in [-0.15, -0.1) is 0 Å². The van der Waals surface area contributed by atoms with E-state index in [1.165, 1.54) is 12.4 Å². The second-order valence-corrected chi connectivity index (χ2v) is 5.89. The van der Waals surface area contributed by atoms with Crippen LogP contribution in [0.2, 0.25) is 5.02 Å². The molecule has 1 heterocycles. The molecule has 0 unspecified atom stereocenters. The van der Waals surface area contributed by atoms with E-state index < -0.39 is 0 Å². The van der Waals surface area contributed by atoms with Gasteiger partial charge in [-0.2, -0.15) is 0 Å². The summed E-state index contributed by atoms with van der Waals surface area (Å²) in [6, 6.07) is 12.7. The van der Waals surface area contributed by atoms with Crippen molar-refractivity contribution in [3.63, 3.8) is 0 Å². The number of halogens is 1. The summed E-state index contributed by atoms with van der Waals surface area (Å²) in [6.07, 6.45) is 2.91. The number of benzene rings is 2. The highest BCUT2D eigenvalue weighted by molar-refractivity contribution is 6.31. The summed E-state index contributed by atoms with van der Waals surface area (Å²) in [4.78, 5) is 20.8. The lowest BCUT2D eigenvalue weighted by Crippen LogP contribution is -2.14. The van der Waals surface area contributed by atoms with Gasteiger partial charge in [-0.05, 0) is 36.8 Å². The van der Waals surface area contributed by atoms with Crippen LogP contribution in [0.1, 0.15) is 16.1 Å². The van der Waals surface area contributed by atoms with Gasteiger partial charge in [0.1, 0.15) is 17.3 Å². The van der Waals surface area contributed by atoms with Crippen LogP contribution in [-0.4, -0.2) is 23.0 Å². The molecule has 7 heteroatoms. The fourth-order valence-electron chi connectivity index (χ4n) is 2.32. The van der Waals surface area contributed by atoms with E-state index in [2.05, 4.69) is 20.6 Å². The summed E-state index contributed by atoms with van der Waals surface area (Å²) in [5.74, 6) is 0.722. The number of methoxy groups -OCH3 is 1. The lowest BCUT2D eigenvalue weighted by Gasteiger charge is -2.11. The second-order valence-electron chi connectivity index (χ2n) is 5.48. The number of anilines is 3. The number of carbonyl (C=O) groups is 1.